The van der Waals surface area contributed by atoms with Crippen LogP contribution in [0.4, 0.5) is 4.39 Å². The van der Waals surface area contributed by atoms with Crippen LogP contribution in [0.15, 0.2) is 48.5 Å². The molecule has 0 spiro atoms. The first-order valence-electron chi connectivity index (χ1n) is 8.77. The van der Waals surface area contributed by atoms with Crippen LogP contribution in [0.5, 0.6) is 0 Å². The number of hydrogen-bond acceptors (Lipinski definition) is 2. The van der Waals surface area contributed by atoms with Crippen molar-refractivity contribution >= 4 is 11.8 Å². The summed E-state index contributed by atoms with van der Waals surface area (Å²) in [6.07, 6.45) is 0.398. The highest BCUT2D eigenvalue weighted by atomic mass is 19.1. The second kappa shape index (κ2) is 9.13. The van der Waals surface area contributed by atoms with Crippen LogP contribution < -0.4 is 10.6 Å². The lowest BCUT2D eigenvalue weighted by atomic mass is 10.0. The molecule has 2 aromatic rings. The molecule has 0 fully saturated rings. The summed E-state index contributed by atoms with van der Waals surface area (Å²) in [6, 6.07) is 13.1. The molecule has 0 aliphatic rings. The number of halogens is 1. The highest BCUT2D eigenvalue weighted by Gasteiger charge is 2.24. The Kier molecular flexibility index (Phi) is 6.89. The van der Waals surface area contributed by atoms with Gasteiger partial charge >= 0.3 is 0 Å². The Balaban J connectivity index is 1.94. The van der Waals surface area contributed by atoms with Gasteiger partial charge < -0.3 is 10.6 Å². The van der Waals surface area contributed by atoms with Crippen LogP contribution in [-0.4, -0.2) is 24.4 Å². The van der Waals surface area contributed by atoms with E-state index in [2.05, 4.69) is 10.6 Å². The normalized spacial score (nSPS) is 11.9. The largest absolute Gasteiger partial charge is 0.354 e. The van der Waals surface area contributed by atoms with Gasteiger partial charge in [-0.3, -0.25) is 9.59 Å². The molecule has 138 valence electrons. The topological polar surface area (TPSA) is 58.2 Å². The zero-order valence-corrected chi connectivity index (χ0v) is 15.4. The van der Waals surface area contributed by atoms with Crippen LogP contribution in [0.1, 0.15) is 35.3 Å². The van der Waals surface area contributed by atoms with Gasteiger partial charge in [-0.15, -0.1) is 0 Å². The fourth-order valence-electron chi connectivity index (χ4n) is 2.68. The number of aryl methyl sites for hydroxylation is 1. The Morgan fingerprint density at radius 1 is 1.08 bits per heavy atom. The van der Waals surface area contributed by atoms with Gasteiger partial charge in [-0.25, -0.2) is 4.39 Å². The van der Waals surface area contributed by atoms with Gasteiger partial charge in [0.05, 0.1) is 0 Å². The number of carbonyl (C=O) groups is 2. The lowest BCUT2D eigenvalue weighted by molar-refractivity contribution is -0.123. The first kappa shape index (κ1) is 19.6. The van der Waals surface area contributed by atoms with Crippen molar-refractivity contribution in [2.75, 3.05) is 6.54 Å². The first-order chi connectivity index (χ1) is 12.4. The molecular formula is C21H25FN2O2. The van der Waals surface area contributed by atoms with E-state index in [1.807, 2.05) is 32.9 Å². The Morgan fingerprint density at radius 2 is 1.81 bits per heavy atom. The molecule has 5 heteroatoms. The minimum Gasteiger partial charge on any atom is -0.354 e. The molecule has 26 heavy (non-hydrogen) atoms. The fraction of sp³-hybridized carbons (Fsp3) is 0.333. The van der Waals surface area contributed by atoms with Crippen LogP contribution >= 0.6 is 0 Å². The van der Waals surface area contributed by atoms with E-state index >= 15 is 0 Å². The molecule has 4 nitrogen and oxygen atoms in total. The van der Waals surface area contributed by atoms with E-state index in [0.29, 0.717) is 24.1 Å². The lowest BCUT2D eigenvalue weighted by Crippen LogP contribution is -2.50. The van der Waals surface area contributed by atoms with E-state index in [-0.39, 0.29) is 23.5 Å². The third kappa shape index (κ3) is 5.41. The standard InChI is InChI=1S/C21H25FN2O2/c1-14(2)19(24-20(25)17-9-6-7-15(3)13-17)21(26)23-12-11-16-8-4-5-10-18(16)22/h4-10,13-14,19H,11-12H2,1-3H3,(H,23,26)(H,24,25). The Hall–Kier alpha value is -2.69. The molecule has 1 unspecified atom stereocenters. The minimum atomic E-state index is -0.649. The van der Waals surface area contributed by atoms with Gasteiger partial charge in [0, 0.05) is 12.1 Å². The highest BCUT2D eigenvalue weighted by molar-refractivity contribution is 5.97. The van der Waals surface area contributed by atoms with E-state index in [4.69, 9.17) is 0 Å². The van der Waals surface area contributed by atoms with E-state index in [9.17, 15) is 14.0 Å². The van der Waals surface area contributed by atoms with E-state index in [1.54, 1.807) is 30.3 Å². The number of carbonyl (C=O) groups excluding carboxylic acids is 2. The Labute approximate surface area is 153 Å². The first-order valence-corrected chi connectivity index (χ1v) is 8.77. The third-order valence-electron chi connectivity index (χ3n) is 4.17. The van der Waals surface area contributed by atoms with Crippen molar-refractivity contribution in [2.24, 2.45) is 5.92 Å². The summed E-state index contributed by atoms with van der Waals surface area (Å²) in [6.45, 7) is 5.96. The van der Waals surface area contributed by atoms with Gasteiger partial charge in [-0.05, 0) is 43.0 Å². The van der Waals surface area contributed by atoms with Crippen LogP contribution in [0, 0.1) is 18.7 Å². The van der Waals surface area contributed by atoms with Gasteiger partial charge in [-0.1, -0.05) is 49.7 Å². The molecule has 0 saturated heterocycles. The van der Waals surface area contributed by atoms with Crippen LogP contribution in [0.2, 0.25) is 0 Å². The zero-order chi connectivity index (χ0) is 19.1. The second-order valence-electron chi connectivity index (χ2n) is 6.70. The van der Waals surface area contributed by atoms with Crippen molar-refractivity contribution in [2.45, 2.75) is 33.2 Å². The number of rotatable bonds is 7. The molecule has 2 aromatic carbocycles. The summed E-state index contributed by atoms with van der Waals surface area (Å²) in [7, 11) is 0. The van der Waals surface area contributed by atoms with Crippen molar-refractivity contribution in [1.29, 1.82) is 0 Å². The molecule has 2 rings (SSSR count). The number of nitrogens with one attached hydrogen (secondary N) is 2. The maximum Gasteiger partial charge on any atom is 0.251 e. The predicted molar refractivity (Wildman–Crippen MR) is 100 cm³/mol. The van der Waals surface area contributed by atoms with E-state index < -0.39 is 6.04 Å². The molecule has 0 bridgehead atoms. The van der Waals surface area contributed by atoms with Crippen molar-refractivity contribution in [1.82, 2.24) is 10.6 Å². The van der Waals surface area contributed by atoms with Crippen molar-refractivity contribution in [3.8, 4) is 0 Å². The van der Waals surface area contributed by atoms with Crippen LogP contribution in [-0.2, 0) is 11.2 Å². The maximum absolute atomic E-state index is 13.6. The number of benzene rings is 2. The average Bonchev–Trinajstić information content (AvgIpc) is 2.60. The smallest absolute Gasteiger partial charge is 0.251 e. The minimum absolute atomic E-state index is 0.0720. The summed E-state index contributed by atoms with van der Waals surface area (Å²) in [5.41, 5.74) is 2.06. The summed E-state index contributed by atoms with van der Waals surface area (Å²) < 4.78 is 13.6. The quantitative estimate of drug-likeness (QED) is 0.800. The van der Waals surface area contributed by atoms with E-state index in [1.165, 1.54) is 6.07 Å². The van der Waals surface area contributed by atoms with E-state index in [0.717, 1.165) is 5.56 Å². The second-order valence-corrected chi connectivity index (χ2v) is 6.70. The highest BCUT2D eigenvalue weighted by Crippen LogP contribution is 2.09. The molecule has 0 aromatic heterocycles. The summed E-state index contributed by atoms with van der Waals surface area (Å²) >= 11 is 0. The Bertz CT molecular complexity index is 774. The molecule has 0 radical (unpaired) electrons. The Morgan fingerprint density at radius 3 is 2.46 bits per heavy atom. The number of hydrogen-bond donors (Lipinski definition) is 2. The van der Waals surface area contributed by atoms with Gasteiger partial charge in [0.1, 0.15) is 11.9 Å². The average molecular weight is 356 g/mol. The molecule has 2 amide bonds. The molecule has 0 aliphatic carbocycles. The fourth-order valence-corrected chi connectivity index (χ4v) is 2.68. The predicted octanol–water partition coefficient (Wildman–Crippen LogP) is 3.25. The van der Waals surface area contributed by atoms with Crippen molar-refractivity contribution < 1.29 is 14.0 Å². The SMILES string of the molecule is Cc1cccc(C(=O)NC(C(=O)NCCc2ccccc2F)C(C)C)c1. The van der Waals surface area contributed by atoms with Gasteiger partial charge in [0.2, 0.25) is 5.91 Å². The molecule has 0 saturated carbocycles. The summed E-state index contributed by atoms with van der Waals surface area (Å²) in [4.78, 5) is 24.9. The third-order valence-corrected chi connectivity index (χ3v) is 4.17. The molecule has 0 aliphatic heterocycles. The zero-order valence-electron chi connectivity index (χ0n) is 15.4. The molecule has 0 heterocycles. The monoisotopic (exact) mass is 356 g/mol. The lowest BCUT2D eigenvalue weighted by Gasteiger charge is -2.22. The van der Waals surface area contributed by atoms with Crippen LogP contribution in [0.25, 0.3) is 0 Å². The number of amides is 2. The molecule has 1 atom stereocenters. The van der Waals surface area contributed by atoms with Crippen molar-refractivity contribution in [3.63, 3.8) is 0 Å². The summed E-state index contributed by atoms with van der Waals surface area (Å²) in [5.74, 6) is -0.902. The van der Waals surface area contributed by atoms with Gasteiger partial charge in [0.25, 0.3) is 5.91 Å². The van der Waals surface area contributed by atoms with Gasteiger partial charge in [-0.2, -0.15) is 0 Å². The summed E-state index contributed by atoms with van der Waals surface area (Å²) in [5, 5.41) is 5.58. The van der Waals surface area contributed by atoms with Crippen LogP contribution in [0.3, 0.4) is 0 Å². The van der Waals surface area contributed by atoms with Gasteiger partial charge in [0.15, 0.2) is 0 Å². The maximum atomic E-state index is 13.6. The molecule has 2 N–H and O–H groups in total. The van der Waals surface area contributed by atoms with Crippen molar-refractivity contribution in [3.05, 3.63) is 71.0 Å². The molecular weight excluding hydrogens is 331 g/mol.